The second-order valence-corrected chi connectivity index (χ2v) is 8.62. The zero-order valence-electron chi connectivity index (χ0n) is 16.5. The second kappa shape index (κ2) is 7.29. The molecular formula is C24H26N2O3. The van der Waals surface area contributed by atoms with Gasteiger partial charge in [0.2, 0.25) is 0 Å². The van der Waals surface area contributed by atoms with Crippen LogP contribution in [0.4, 0.5) is 4.79 Å². The number of nitroso groups, excluding NO2 is 1. The Morgan fingerprint density at radius 1 is 1.00 bits per heavy atom. The van der Waals surface area contributed by atoms with Gasteiger partial charge in [-0.05, 0) is 60.8 Å². The second-order valence-electron chi connectivity index (χ2n) is 8.62. The number of rotatable bonds is 3. The van der Waals surface area contributed by atoms with Crippen LogP contribution in [0, 0.1) is 4.91 Å². The van der Waals surface area contributed by atoms with E-state index in [0.717, 1.165) is 45.1 Å². The van der Waals surface area contributed by atoms with Crippen molar-refractivity contribution in [3.63, 3.8) is 0 Å². The zero-order valence-corrected chi connectivity index (χ0v) is 16.5. The molecule has 2 aromatic rings. The van der Waals surface area contributed by atoms with Crippen LogP contribution in [0.5, 0.6) is 0 Å². The molecule has 0 radical (unpaired) electrons. The number of carbonyl (C=O) groups excluding carboxylic acids is 1. The maximum absolute atomic E-state index is 13.1. The molecule has 150 valence electrons. The van der Waals surface area contributed by atoms with Crippen LogP contribution < -0.4 is 0 Å². The first-order valence-corrected chi connectivity index (χ1v) is 10.7. The van der Waals surface area contributed by atoms with E-state index in [1.165, 1.54) is 22.3 Å². The van der Waals surface area contributed by atoms with E-state index < -0.39 is 0 Å². The third-order valence-corrected chi connectivity index (χ3v) is 7.19. The van der Waals surface area contributed by atoms with Crippen molar-refractivity contribution in [3.8, 4) is 11.1 Å². The van der Waals surface area contributed by atoms with Crippen molar-refractivity contribution >= 4 is 6.09 Å². The molecule has 29 heavy (non-hydrogen) atoms. The summed E-state index contributed by atoms with van der Waals surface area (Å²) in [5.41, 5.74) is 4.80. The highest BCUT2D eigenvalue weighted by atomic mass is 16.6. The van der Waals surface area contributed by atoms with E-state index in [9.17, 15) is 9.70 Å². The van der Waals surface area contributed by atoms with Gasteiger partial charge < -0.3 is 9.64 Å². The first-order valence-electron chi connectivity index (χ1n) is 10.7. The first kappa shape index (κ1) is 18.3. The fourth-order valence-corrected chi connectivity index (χ4v) is 5.66. The number of amides is 1. The Morgan fingerprint density at radius 2 is 1.62 bits per heavy atom. The fourth-order valence-electron chi connectivity index (χ4n) is 5.66. The summed E-state index contributed by atoms with van der Waals surface area (Å²) >= 11 is 0. The van der Waals surface area contributed by atoms with Gasteiger partial charge in [-0.15, -0.1) is 0 Å². The Balaban J connectivity index is 1.32. The van der Waals surface area contributed by atoms with Crippen LogP contribution >= 0.6 is 0 Å². The number of ether oxygens (including phenoxy) is 1. The molecule has 0 unspecified atom stereocenters. The SMILES string of the molecule is O=NC1CCC2(CCCN2C(=O)OCC2c3ccccc3-c3ccccc32)CC1. The van der Waals surface area contributed by atoms with E-state index in [1.54, 1.807) is 0 Å². The monoisotopic (exact) mass is 390 g/mol. The Hall–Kier alpha value is -2.69. The largest absolute Gasteiger partial charge is 0.448 e. The number of hydrogen-bond acceptors (Lipinski definition) is 4. The minimum Gasteiger partial charge on any atom is -0.448 e. The highest BCUT2D eigenvalue weighted by Crippen LogP contribution is 2.45. The van der Waals surface area contributed by atoms with Crippen molar-refractivity contribution in [1.29, 1.82) is 0 Å². The highest BCUT2D eigenvalue weighted by Gasteiger charge is 2.46. The maximum Gasteiger partial charge on any atom is 0.410 e. The Labute approximate surface area is 171 Å². The topological polar surface area (TPSA) is 59.0 Å². The number of carbonyl (C=O) groups is 1. The summed E-state index contributed by atoms with van der Waals surface area (Å²) in [6.45, 7) is 1.10. The van der Waals surface area contributed by atoms with E-state index in [2.05, 4.69) is 53.7 Å². The first-order chi connectivity index (χ1) is 14.2. The van der Waals surface area contributed by atoms with Gasteiger partial charge in [0.05, 0.1) is 6.04 Å². The molecule has 1 saturated carbocycles. The van der Waals surface area contributed by atoms with Crippen LogP contribution in [0.1, 0.15) is 55.6 Å². The molecule has 3 aliphatic rings. The summed E-state index contributed by atoms with van der Waals surface area (Å²) in [7, 11) is 0. The number of nitrogens with zero attached hydrogens (tertiary/aromatic N) is 2. The number of benzene rings is 2. The van der Waals surface area contributed by atoms with E-state index >= 15 is 0 Å². The number of likely N-dealkylation sites (tertiary alicyclic amines) is 1. The summed E-state index contributed by atoms with van der Waals surface area (Å²) in [5.74, 6) is 0.0832. The normalized spacial score (nSPS) is 25.7. The van der Waals surface area contributed by atoms with Crippen molar-refractivity contribution in [3.05, 3.63) is 64.6 Å². The van der Waals surface area contributed by atoms with Crippen molar-refractivity contribution < 1.29 is 9.53 Å². The van der Waals surface area contributed by atoms with Gasteiger partial charge in [-0.25, -0.2) is 4.79 Å². The predicted molar refractivity (Wildman–Crippen MR) is 112 cm³/mol. The smallest absolute Gasteiger partial charge is 0.410 e. The van der Waals surface area contributed by atoms with Crippen molar-refractivity contribution in [2.24, 2.45) is 5.18 Å². The van der Waals surface area contributed by atoms with E-state index in [4.69, 9.17) is 4.74 Å². The average Bonchev–Trinajstić information content (AvgIpc) is 3.32. The zero-order chi connectivity index (χ0) is 19.8. The molecule has 5 heteroatoms. The molecule has 5 rings (SSSR count). The molecule has 2 aromatic carbocycles. The van der Waals surface area contributed by atoms with Crippen LogP contribution in [0.15, 0.2) is 53.7 Å². The van der Waals surface area contributed by atoms with Crippen LogP contribution in [0.2, 0.25) is 0 Å². The van der Waals surface area contributed by atoms with Crippen molar-refractivity contribution in [1.82, 2.24) is 4.90 Å². The van der Waals surface area contributed by atoms with E-state index in [1.807, 2.05) is 4.90 Å². The quantitative estimate of drug-likeness (QED) is 0.652. The lowest BCUT2D eigenvalue weighted by Crippen LogP contribution is -2.50. The van der Waals surface area contributed by atoms with Gasteiger partial charge in [0.25, 0.3) is 0 Å². The molecule has 2 fully saturated rings. The van der Waals surface area contributed by atoms with Gasteiger partial charge in [-0.3, -0.25) is 0 Å². The van der Waals surface area contributed by atoms with Crippen LogP contribution in [-0.4, -0.2) is 35.7 Å². The minimum absolute atomic E-state index is 0.0832. The van der Waals surface area contributed by atoms with Gasteiger partial charge in [0.1, 0.15) is 6.61 Å². The van der Waals surface area contributed by atoms with Crippen LogP contribution in [0.3, 0.4) is 0 Å². The maximum atomic E-state index is 13.1. The van der Waals surface area contributed by atoms with Gasteiger partial charge in [0.15, 0.2) is 0 Å². The summed E-state index contributed by atoms with van der Waals surface area (Å²) in [5, 5.41) is 3.22. The van der Waals surface area contributed by atoms with Crippen molar-refractivity contribution in [2.45, 2.75) is 56.0 Å². The van der Waals surface area contributed by atoms with Gasteiger partial charge >= 0.3 is 6.09 Å². The summed E-state index contributed by atoms with van der Waals surface area (Å²) in [6.07, 6.45) is 5.06. The molecule has 2 aliphatic carbocycles. The molecule has 1 saturated heterocycles. The summed E-state index contributed by atoms with van der Waals surface area (Å²) in [6, 6.07) is 16.7. The molecule has 5 nitrogen and oxygen atoms in total. The lowest BCUT2D eigenvalue weighted by molar-refractivity contribution is 0.0496. The molecule has 0 N–H and O–H groups in total. The third kappa shape index (κ3) is 3.04. The molecule has 0 bridgehead atoms. The Kier molecular flexibility index (Phi) is 4.61. The third-order valence-electron chi connectivity index (χ3n) is 7.19. The molecule has 1 amide bonds. The minimum atomic E-state index is -0.207. The van der Waals surface area contributed by atoms with Crippen molar-refractivity contribution in [2.75, 3.05) is 13.2 Å². The van der Waals surface area contributed by atoms with Gasteiger partial charge in [-0.1, -0.05) is 53.7 Å². The van der Waals surface area contributed by atoms with E-state index in [0.29, 0.717) is 6.61 Å². The van der Waals surface area contributed by atoms with E-state index in [-0.39, 0.29) is 23.6 Å². The summed E-state index contributed by atoms with van der Waals surface area (Å²) < 4.78 is 5.91. The fraction of sp³-hybridized carbons (Fsp3) is 0.458. The lowest BCUT2D eigenvalue weighted by Gasteiger charge is -2.42. The van der Waals surface area contributed by atoms with Crippen LogP contribution in [-0.2, 0) is 4.74 Å². The molecule has 0 atom stereocenters. The Morgan fingerprint density at radius 3 is 2.24 bits per heavy atom. The molecule has 1 spiro atoms. The average molecular weight is 390 g/mol. The number of hydrogen-bond donors (Lipinski definition) is 0. The standard InChI is InChI=1S/C24H26N2O3/c27-23(26-15-5-12-24(26)13-10-17(25-28)11-14-24)29-16-22-20-8-3-1-6-18(20)19-7-2-4-9-21(19)22/h1-4,6-9,17,22H,5,10-16H2. The molecular weight excluding hydrogens is 364 g/mol. The van der Waals surface area contributed by atoms with Gasteiger partial charge in [0, 0.05) is 18.0 Å². The Bertz CT molecular complexity index is 888. The lowest BCUT2D eigenvalue weighted by atomic mass is 9.78. The molecule has 0 aromatic heterocycles. The summed E-state index contributed by atoms with van der Waals surface area (Å²) in [4.78, 5) is 25.9. The van der Waals surface area contributed by atoms with Gasteiger partial charge in [-0.2, -0.15) is 4.91 Å². The van der Waals surface area contributed by atoms with Crippen LogP contribution in [0.25, 0.3) is 11.1 Å². The highest BCUT2D eigenvalue weighted by molar-refractivity contribution is 5.79. The predicted octanol–water partition coefficient (Wildman–Crippen LogP) is 5.48. The molecule has 1 heterocycles. The molecule has 1 aliphatic heterocycles. The number of fused-ring (bicyclic) bond motifs is 3.